The highest BCUT2D eigenvalue weighted by Gasteiger charge is 2.23. The molecule has 0 saturated carbocycles. The summed E-state index contributed by atoms with van der Waals surface area (Å²) >= 11 is 5.69. The first-order valence-electron chi connectivity index (χ1n) is 3.66. The highest BCUT2D eigenvalue weighted by molar-refractivity contribution is 7.60. The van der Waals surface area contributed by atoms with Crippen molar-refractivity contribution in [2.24, 2.45) is 0 Å². The Bertz CT molecular complexity index is 383. The molecule has 5 heteroatoms. The molecule has 1 rings (SSSR count). The monoisotopic (exact) mass is 220 g/mol. The summed E-state index contributed by atoms with van der Waals surface area (Å²) in [5.74, 6) is 0. The van der Waals surface area contributed by atoms with Gasteiger partial charge in [0, 0.05) is 0 Å². The molecule has 0 saturated heterocycles. The molecule has 2 N–H and O–H groups in total. The van der Waals surface area contributed by atoms with E-state index >= 15 is 0 Å². The van der Waals surface area contributed by atoms with Crippen LogP contribution < -0.4 is 5.30 Å². The second-order valence-electron chi connectivity index (χ2n) is 2.88. The number of aryl methyl sites for hydroxylation is 1. The van der Waals surface area contributed by atoms with Crippen molar-refractivity contribution in [1.29, 1.82) is 0 Å². The van der Waals surface area contributed by atoms with Crippen molar-refractivity contribution in [3.63, 3.8) is 0 Å². The lowest BCUT2D eigenvalue weighted by Crippen LogP contribution is -2.11. The number of benzene rings is 1. The van der Waals surface area contributed by atoms with Gasteiger partial charge < -0.3 is 9.79 Å². The van der Waals surface area contributed by atoms with Crippen molar-refractivity contribution in [2.75, 3.05) is 0 Å². The fourth-order valence-electron chi connectivity index (χ4n) is 1.13. The van der Waals surface area contributed by atoms with Gasteiger partial charge in [0.1, 0.15) is 0 Å². The largest absolute Gasteiger partial charge is 0.358 e. The van der Waals surface area contributed by atoms with Gasteiger partial charge in [0.15, 0.2) is 0 Å². The summed E-state index contributed by atoms with van der Waals surface area (Å²) < 4.78 is 11.0. The van der Waals surface area contributed by atoms with Gasteiger partial charge in [-0.1, -0.05) is 17.7 Å². The Kier molecular flexibility index (Phi) is 2.83. The van der Waals surface area contributed by atoms with Crippen molar-refractivity contribution in [3.8, 4) is 0 Å². The number of halogens is 1. The molecule has 13 heavy (non-hydrogen) atoms. The lowest BCUT2D eigenvalue weighted by molar-refractivity contribution is 0.387. The molecule has 0 aromatic heterocycles. The minimum Gasteiger partial charge on any atom is -0.321 e. The fraction of sp³-hybridized carbons (Fsp3) is 0.250. The Morgan fingerprint density at radius 3 is 2.23 bits per heavy atom. The average molecular weight is 221 g/mol. The van der Waals surface area contributed by atoms with E-state index in [1.807, 2.05) is 0 Å². The van der Waals surface area contributed by atoms with Gasteiger partial charge >= 0.3 is 7.60 Å². The Morgan fingerprint density at radius 1 is 1.31 bits per heavy atom. The molecule has 1 aromatic carbocycles. The Morgan fingerprint density at radius 2 is 1.85 bits per heavy atom. The Hall–Kier alpha value is -0.340. The standard InChI is InChI=1S/C8H10ClO3P/c1-5-3-4-7(9)8(6(5)2)13(10,11)12/h3-4H,1-2H3,(H2,10,11,12). The molecular weight excluding hydrogens is 211 g/mol. The molecule has 0 aliphatic carbocycles. The predicted octanol–water partition coefficient (Wildman–Crippen LogP) is 1.76. The van der Waals surface area contributed by atoms with E-state index in [4.69, 9.17) is 21.4 Å². The quantitative estimate of drug-likeness (QED) is 0.709. The zero-order valence-electron chi connectivity index (χ0n) is 7.28. The lowest BCUT2D eigenvalue weighted by atomic mass is 10.1. The third kappa shape index (κ3) is 2.12. The van der Waals surface area contributed by atoms with Gasteiger partial charge in [-0.15, -0.1) is 0 Å². The second kappa shape index (κ2) is 3.43. The van der Waals surface area contributed by atoms with Crippen molar-refractivity contribution in [1.82, 2.24) is 0 Å². The maximum atomic E-state index is 11.0. The molecule has 0 fully saturated rings. The van der Waals surface area contributed by atoms with Crippen molar-refractivity contribution < 1.29 is 14.4 Å². The van der Waals surface area contributed by atoms with E-state index in [0.29, 0.717) is 5.56 Å². The van der Waals surface area contributed by atoms with Crippen LogP contribution in [0.2, 0.25) is 5.02 Å². The van der Waals surface area contributed by atoms with Gasteiger partial charge in [-0.25, -0.2) is 0 Å². The molecule has 0 aliphatic rings. The average Bonchev–Trinajstić information content (AvgIpc) is 1.95. The molecule has 0 atom stereocenters. The van der Waals surface area contributed by atoms with E-state index in [0.717, 1.165) is 5.56 Å². The van der Waals surface area contributed by atoms with E-state index in [1.165, 1.54) is 6.07 Å². The summed E-state index contributed by atoms with van der Waals surface area (Å²) in [6.07, 6.45) is 0. The highest BCUT2D eigenvalue weighted by Crippen LogP contribution is 2.38. The molecule has 0 spiro atoms. The molecular formula is C8H10ClO3P. The van der Waals surface area contributed by atoms with Crippen molar-refractivity contribution in [2.45, 2.75) is 13.8 Å². The van der Waals surface area contributed by atoms with Crippen LogP contribution in [0.15, 0.2) is 12.1 Å². The smallest absolute Gasteiger partial charge is 0.321 e. The normalized spacial score (nSPS) is 11.8. The molecule has 0 aliphatic heterocycles. The lowest BCUT2D eigenvalue weighted by Gasteiger charge is -2.11. The Balaban J connectivity index is 3.52. The summed E-state index contributed by atoms with van der Waals surface area (Å²) in [5.41, 5.74) is 1.38. The fourth-order valence-corrected chi connectivity index (χ4v) is 2.63. The van der Waals surface area contributed by atoms with E-state index in [-0.39, 0.29) is 10.3 Å². The zero-order chi connectivity index (χ0) is 10.2. The third-order valence-electron chi connectivity index (χ3n) is 1.94. The predicted molar refractivity (Wildman–Crippen MR) is 52.6 cm³/mol. The maximum absolute atomic E-state index is 11.0. The molecule has 72 valence electrons. The van der Waals surface area contributed by atoms with Gasteiger partial charge in [-0.05, 0) is 31.0 Å². The van der Waals surface area contributed by atoms with Crippen LogP contribution in [-0.2, 0) is 4.57 Å². The summed E-state index contributed by atoms with van der Waals surface area (Å²) in [6, 6.07) is 3.23. The van der Waals surface area contributed by atoms with Crippen molar-refractivity contribution >= 4 is 24.5 Å². The van der Waals surface area contributed by atoms with E-state index in [2.05, 4.69) is 0 Å². The topological polar surface area (TPSA) is 57.5 Å². The zero-order valence-corrected chi connectivity index (χ0v) is 8.93. The van der Waals surface area contributed by atoms with Crippen LogP contribution in [0.4, 0.5) is 0 Å². The minimum absolute atomic E-state index is 0.0610. The first-order valence-corrected chi connectivity index (χ1v) is 5.65. The minimum atomic E-state index is -4.25. The Labute approximate surface area is 81.5 Å². The van der Waals surface area contributed by atoms with E-state index in [1.54, 1.807) is 19.9 Å². The van der Waals surface area contributed by atoms with E-state index < -0.39 is 7.60 Å². The van der Waals surface area contributed by atoms with Gasteiger partial charge in [0.2, 0.25) is 0 Å². The summed E-state index contributed by atoms with van der Waals surface area (Å²) in [5, 5.41) is 0.0607. The van der Waals surface area contributed by atoms with Crippen molar-refractivity contribution in [3.05, 3.63) is 28.3 Å². The van der Waals surface area contributed by atoms with Crippen LogP contribution in [0.3, 0.4) is 0 Å². The van der Waals surface area contributed by atoms with Crippen LogP contribution in [0.25, 0.3) is 0 Å². The van der Waals surface area contributed by atoms with Crippen LogP contribution in [0, 0.1) is 13.8 Å². The number of hydrogen-bond acceptors (Lipinski definition) is 1. The molecule has 0 unspecified atom stereocenters. The molecule has 1 aromatic rings. The van der Waals surface area contributed by atoms with Gasteiger partial charge in [-0.2, -0.15) is 0 Å². The third-order valence-corrected chi connectivity index (χ3v) is 3.55. The van der Waals surface area contributed by atoms with Crippen LogP contribution in [0.1, 0.15) is 11.1 Å². The molecule has 3 nitrogen and oxygen atoms in total. The van der Waals surface area contributed by atoms with Crippen LogP contribution in [0.5, 0.6) is 0 Å². The first kappa shape index (κ1) is 10.7. The van der Waals surface area contributed by atoms with Gasteiger partial charge in [-0.3, -0.25) is 4.57 Å². The second-order valence-corrected chi connectivity index (χ2v) is 4.82. The molecule has 0 bridgehead atoms. The first-order chi connectivity index (χ1) is 5.84. The number of hydrogen-bond donors (Lipinski definition) is 2. The van der Waals surface area contributed by atoms with Gasteiger partial charge in [0.05, 0.1) is 10.3 Å². The highest BCUT2D eigenvalue weighted by atomic mass is 35.5. The molecule has 0 amide bonds. The summed E-state index contributed by atoms with van der Waals surface area (Å²) in [6.45, 7) is 3.43. The van der Waals surface area contributed by atoms with Crippen LogP contribution >= 0.6 is 19.2 Å². The summed E-state index contributed by atoms with van der Waals surface area (Å²) in [4.78, 5) is 18.0. The maximum Gasteiger partial charge on any atom is 0.358 e. The van der Waals surface area contributed by atoms with E-state index in [9.17, 15) is 4.57 Å². The SMILES string of the molecule is Cc1ccc(Cl)c(P(=O)(O)O)c1C. The number of rotatable bonds is 1. The molecule has 0 heterocycles. The summed E-state index contributed by atoms with van der Waals surface area (Å²) in [7, 11) is -4.25. The van der Waals surface area contributed by atoms with Gasteiger partial charge in [0.25, 0.3) is 0 Å². The molecule has 0 radical (unpaired) electrons. The van der Waals surface area contributed by atoms with Crippen LogP contribution in [-0.4, -0.2) is 9.79 Å².